The molecule has 2 aromatic heterocycles. The number of hydrogen-bond acceptors (Lipinski definition) is 3. The van der Waals surface area contributed by atoms with E-state index in [9.17, 15) is 4.79 Å². The molecule has 1 aliphatic carbocycles. The van der Waals surface area contributed by atoms with E-state index in [1.165, 1.54) is 5.56 Å². The molecule has 0 radical (unpaired) electrons. The van der Waals surface area contributed by atoms with E-state index < -0.39 is 0 Å². The van der Waals surface area contributed by atoms with Crippen LogP contribution in [0.1, 0.15) is 30.1 Å². The van der Waals surface area contributed by atoms with Crippen molar-refractivity contribution in [3.05, 3.63) is 60.2 Å². The van der Waals surface area contributed by atoms with E-state index in [4.69, 9.17) is 0 Å². The monoisotopic (exact) mass is 334 g/mol. The highest BCUT2D eigenvalue weighted by Gasteiger charge is 2.43. The molecule has 1 saturated carbocycles. The Balaban J connectivity index is 1.26. The Hall–Kier alpha value is -2.69. The molecule has 128 valence electrons. The summed E-state index contributed by atoms with van der Waals surface area (Å²) in [6.45, 7) is 0.693. The van der Waals surface area contributed by atoms with Crippen LogP contribution in [0.3, 0.4) is 0 Å². The third-order valence-electron chi connectivity index (χ3n) is 5.00. The largest absolute Gasteiger partial charge is 0.356 e. The molecule has 4 rings (SSSR count). The molecule has 5 heteroatoms. The first-order chi connectivity index (χ1) is 12.2. The van der Waals surface area contributed by atoms with Gasteiger partial charge in [-0.1, -0.05) is 18.2 Å². The van der Waals surface area contributed by atoms with Crippen molar-refractivity contribution in [2.45, 2.75) is 25.2 Å². The van der Waals surface area contributed by atoms with Crippen molar-refractivity contribution < 1.29 is 4.79 Å². The standard InChI is InChI=1S/C20H22N4O/c1-24-18-8-3-2-7-17(18)23-19(24)9-5-11-22-20(25)16-12-15(16)14-6-4-10-21-13-14/h2-4,6-8,10,13,15-16H,5,9,11-12H2,1H3,(H,22,25). The Kier molecular flexibility index (Phi) is 4.22. The van der Waals surface area contributed by atoms with Crippen molar-refractivity contribution in [1.29, 1.82) is 0 Å². The third kappa shape index (κ3) is 3.27. The Labute approximate surface area is 147 Å². The zero-order valence-corrected chi connectivity index (χ0v) is 14.4. The number of carbonyl (C=O) groups excluding carboxylic acids is 1. The zero-order valence-electron chi connectivity index (χ0n) is 14.4. The normalized spacial score (nSPS) is 19.1. The number of para-hydroxylation sites is 2. The maximum absolute atomic E-state index is 12.3. The fraction of sp³-hybridized carbons (Fsp3) is 0.350. The molecule has 0 aliphatic heterocycles. The van der Waals surface area contributed by atoms with Gasteiger partial charge in [0.15, 0.2) is 0 Å². The summed E-state index contributed by atoms with van der Waals surface area (Å²) in [4.78, 5) is 21.1. The average Bonchev–Trinajstić information content (AvgIpc) is 3.39. The molecule has 2 unspecified atom stereocenters. The fourth-order valence-electron chi connectivity index (χ4n) is 3.46. The minimum atomic E-state index is 0.111. The van der Waals surface area contributed by atoms with Crippen LogP contribution in [0, 0.1) is 5.92 Å². The topological polar surface area (TPSA) is 59.8 Å². The molecule has 0 spiro atoms. The van der Waals surface area contributed by atoms with Crippen molar-refractivity contribution in [3.63, 3.8) is 0 Å². The Morgan fingerprint density at radius 1 is 1.28 bits per heavy atom. The Bertz CT molecular complexity index is 887. The van der Waals surface area contributed by atoms with Crippen molar-refractivity contribution in [3.8, 4) is 0 Å². The van der Waals surface area contributed by atoms with Gasteiger partial charge in [0.1, 0.15) is 5.82 Å². The van der Waals surface area contributed by atoms with Gasteiger partial charge in [0.2, 0.25) is 5.91 Å². The second-order valence-electron chi connectivity index (χ2n) is 6.71. The highest BCUT2D eigenvalue weighted by molar-refractivity contribution is 5.82. The van der Waals surface area contributed by atoms with Crippen molar-refractivity contribution in [1.82, 2.24) is 19.9 Å². The molecule has 2 atom stereocenters. The van der Waals surface area contributed by atoms with Gasteiger partial charge in [-0.2, -0.15) is 0 Å². The molecule has 2 heterocycles. The molecular formula is C20H22N4O. The van der Waals surface area contributed by atoms with Gasteiger partial charge in [-0.3, -0.25) is 9.78 Å². The quantitative estimate of drug-likeness (QED) is 0.705. The predicted octanol–water partition coefficient (Wildman–Crippen LogP) is 2.82. The molecule has 1 aromatic carbocycles. The summed E-state index contributed by atoms with van der Waals surface area (Å²) in [5.41, 5.74) is 3.35. The molecular weight excluding hydrogens is 312 g/mol. The molecule has 5 nitrogen and oxygen atoms in total. The van der Waals surface area contributed by atoms with E-state index in [-0.39, 0.29) is 11.8 Å². The maximum Gasteiger partial charge on any atom is 0.223 e. The third-order valence-corrected chi connectivity index (χ3v) is 5.00. The van der Waals surface area contributed by atoms with Crippen LogP contribution in [0.25, 0.3) is 11.0 Å². The highest BCUT2D eigenvalue weighted by Crippen LogP contribution is 2.47. The summed E-state index contributed by atoms with van der Waals surface area (Å²) >= 11 is 0. The van der Waals surface area contributed by atoms with Crippen LogP contribution < -0.4 is 5.32 Å². The van der Waals surface area contributed by atoms with Crippen molar-refractivity contribution in [2.75, 3.05) is 6.54 Å². The number of amides is 1. The number of fused-ring (bicyclic) bond motifs is 1. The second-order valence-corrected chi connectivity index (χ2v) is 6.71. The van der Waals surface area contributed by atoms with E-state index in [0.29, 0.717) is 12.5 Å². The smallest absolute Gasteiger partial charge is 0.223 e. The molecule has 25 heavy (non-hydrogen) atoms. The summed E-state index contributed by atoms with van der Waals surface area (Å²) in [5.74, 6) is 1.68. The Morgan fingerprint density at radius 2 is 2.16 bits per heavy atom. The van der Waals surface area contributed by atoms with Crippen LogP contribution >= 0.6 is 0 Å². The molecule has 1 amide bonds. The minimum absolute atomic E-state index is 0.111. The number of nitrogens with zero attached hydrogens (tertiary/aromatic N) is 3. The van der Waals surface area contributed by atoms with Crippen molar-refractivity contribution >= 4 is 16.9 Å². The molecule has 1 fully saturated rings. The lowest BCUT2D eigenvalue weighted by atomic mass is 10.1. The van der Waals surface area contributed by atoms with Gasteiger partial charge < -0.3 is 9.88 Å². The van der Waals surface area contributed by atoms with Crippen LogP contribution in [0.15, 0.2) is 48.8 Å². The van der Waals surface area contributed by atoms with Crippen LogP contribution in [0.5, 0.6) is 0 Å². The number of pyridine rings is 1. The molecule has 1 N–H and O–H groups in total. The van der Waals surface area contributed by atoms with Crippen LogP contribution in [0.4, 0.5) is 0 Å². The van der Waals surface area contributed by atoms with Crippen molar-refractivity contribution in [2.24, 2.45) is 13.0 Å². The number of hydrogen-bond donors (Lipinski definition) is 1. The first kappa shape index (κ1) is 15.8. The molecule has 3 aromatic rings. The molecule has 0 bridgehead atoms. The Morgan fingerprint density at radius 3 is 2.96 bits per heavy atom. The SMILES string of the molecule is Cn1c(CCCNC(=O)C2CC2c2cccnc2)nc2ccccc21. The first-order valence-electron chi connectivity index (χ1n) is 8.82. The number of aromatic nitrogens is 3. The summed E-state index contributed by atoms with van der Waals surface area (Å²) in [5, 5.41) is 3.07. The van der Waals surface area contributed by atoms with Gasteiger partial charge in [-0.15, -0.1) is 0 Å². The van der Waals surface area contributed by atoms with Gasteiger partial charge in [0.05, 0.1) is 11.0 Å². The summed E-state index contributed by atoms with van der Waals surface area (Å²) in [7, 11) is 2.05. The van der Waals surface area contributed by atoms with Gasteiger partial charge >= 0.3 is 0 Å². The van der Waals surface area contributed by atoms with Crippen LogP contribution in [-0.2, 0) is 18.3 Å². The van der Waals surface area contributed by atoms with Gasteiger partial charge in [-0.05, 0) is 42.5 Å². The van der Waals surface area contributed by atoms with E-state index >= 15 is 0 Å². The number of benzene rings is 1. The summed E-state index contributed by atoms with van der Waals surface area (Å²) < 4.78 is 2.14. The minimum Gasteiger partial charge on any atom is -0.356 e. The molecule has 1 aliphatic rings. The van der Waals surface area contributed by atoms with Gasteiger partial charge in [0.25, 0.3) is 0 Å². The number of rotatable bonds is 6. The molecule has 0 saturated heterocycles. The van der Waals surface area contributed by atoms with Crippen LogP contribution in [0.2, 0.25) is 0 Å². The summed E-state index contributed by atoms with van der Waals surface area (Å²) in [6, 6.07) is 12.1. The second kappa shape index (κ2) is 6.67. The van der Waals surface area contributed by atoms with Gasteiger partial charge in [0, 0.05) is 38.3 Å². The number of aryl methyl sites for hydroxylation is 2. The predicted molar refractivity (Wildman–Crippen MR) is 97.1 cm³/mol. The van der Waals surface area contributed by atoms with Gasteiger partial charge in [-0.25, -0.2) is 4.98 Å². The average molecular weight is 334 g/mol. The first-order valence-corrected chi connectivity index (χ1v) is 8.82. The number of carbonyl (C=O) groups is 1. The summed E-state index contributed by atoms with van der Waals surface area (Å²) in [6.07, 6.45) is 6.32. The van der Waals surface area contributed by atoms with E-state index in [1.54, 1.807) is 6.20 Å². The van der Waals surface area contributed by atoms with Crippen LogP contribution in [-0.4, -0.2) is 27.0 Å². The maximum atomic E-state index is 12.3. The number of imidazole rings is 1. The zero-order chi connectivity index (χ0) is 17.2. The number of nitrogens with one attached hydrogen (secondary N) is 1. The lowest BCUT2D eigenvalue weighted by Gasteiger charge is -2.05. The highest BCUT2D eigenvalue weighted by atomic mass is 16.2. The lowest BCUT2D eigenvalue weighted by Crippen LogP contribution is -2.26. The fourth-order valence-corrected chi connectivity index (χ4v) is 3.46. The van der Waals surface area contributed by atoms with E-state index in [2.05, 4.69) is 32.0 Å². The van der Waals surface area contributed by atoms with E-state index in [0.717, 1.165) is 36.1 Å². The lowest BCUT2D eigenvalue weighted by molar-refractivity contribution is -0.122. The van der Waals surface area contributed by atoms with E-state index in [1.807, 2.05) is 37.5 Å².